The van der Waals surface area contributed by atoms with Crippen LogP contribution in [0.4, 0.5) is 8.78 Å². The summed E-state index contributed by atoms with van der Waals surface area (Å²) in [7, 11) is 0. The Hall–Kier alpha value is -1.88. The number of thioether (sulfide) groups is 1. The molecule has 2 aromatic rings. The molecule has 0 radical (unpaired) electrons. The highest BCUT2D eigenvalue weighted by Crippen LogP contribution is 2.42. The molecule has 0 saturated carbocycles. The topological polar surface area (TPSA) is 24.4 Å². The third-order valence-corrected chi connectivity index (χ3v) is 4.54. The average molecular weight is 318 g/mol. The molecule has 2 unspecified atom stereocenters. The molecule has 0 aliphatic carbocycles. The molecule has 3 rings (SSSR count). The number of hydrogen-bond acceptors (Lipinski definition) is 3. The van der Waals surface area contributed by atoms with Crippen molar-refractivity contribution in [2.45, 2.75) is 18.5 Å². The first-order chi connectivity index (χ1) is 10.5. The summed E-state index contributed by atoms with van der Waals surface area (Å²) in [6, 6.07) is 12.5. The summed E-state index contributed by atoms with van der Waals surface area (Å²) in [4.78, 5) is 4.66. The standard InChI is InChI=1S/C17H16F2N2S/c1-17(12-6-4-8-14(19)10-12)15(20-16(21-17)22-2)11-5-3-7-13(18)9-11/h3-10,15H,1-2H3,(H,20,21). The SMILES string of the molecule is CSC1=NC(c2cccc(F)c2)C(C)(c2cccc(F)c2)N1. The van der Waals surface area contributed by atoms with E-state index < -0.39 is 5.54 Å². The lowest BCUT2D eigenvalue weighted by Gasteiger charge is -2.32. The summed E-state index contributed by atoms with van der Waals surface area (Å²) in [6.45, 7) is 1.96. The minimum atomic E-state index is -0.617. The Kier molecular flexibility index (Phi) is 3.91. The smallest absolute Gasteiger partial charge is 0.157 e. The van der Waals surface area contributed by atoms with Gasteiger partial charge in [0.2, 0.25) is 0 Å². The molecular formula is C17H16F2N2S. The van der Waals surface area contributed by atoms with Gasteiger partial charge in [-0.3, -0.25) is 4.99 Å². The minimum absolute atomic E-state index is 0.295. The monoisotopic (exact) mass is 318 g/mol. The number of aliphatic imine (C=N–C) groups is 1. The number of amidine groups is 1. The van der Waals surface area contributed by atoms with E-state index >= 15 is 0 Å². The van der Waals surface area contributed by atoms with Crippen LogP contribution in [0.1, 0.15) is 24.1 Å². The van der Waals surface area contributed by atoms with Crippen LogP contribution in [0, 0.1) is 11.6 Å². The maximum Gasteiger partial charge on any atom is 0.157 e. The van der Waals surface area contributed by atoms with Crippen molar-refractivity contribution < 1.29 is 8.78 Å². The Bertz CT molecular complexity index is 732. The molecule has 1 heterocycles. The number of rotatable bonds is 2. The van der Waals surface area contributed by atoms with Crippen molar-refractivity contribution in [3.05, 3.63) is 71.3 Å². The molecule has 5 heteroatoms. The van der Waals surface area contributed by atoms with E-state index in [1.54, 1.807) is 12.1 Å². The molecule has 114 valence electrons. The van der Waals surface area contributed by atoms with E-state index in [4.69, 9.17) is 0 Å². The second-order valence-corrected chi connectivity index (χ2v) is 6.23. The van der Waals surface area contributed by atoms with Gasteiger partial charge in [0.15, 0.2) is 5.17 Å². The van der Waals surface area contributed by atoms with Crippen molar-refractivity contribution in [3.8, 4) is 0 Å². The molecular weight excluding hydrogens is 302 g/mol. The van der Waals surface area contributed by atoms with Crippen LogP contribution in [-0.4, -0.2) is 11.4 Å². The van der Waals surface area contributed by atoms with E-state index in [1.807, 2.05) is 25.3 Å². The number of nitrogens with zero attached hydrogens (tertiary/aromatic N) is 1. The molecule has 2 atom stereocenters. The molecule has 2 nitrogen and oxygen atoms in total. The zero-order chi connectivity index (χ0) is 15.7. The van der Waals surface area contributed by atoms with Gasteiger partial charge in [0, 0.05) is 0 Å². The van der Waals surface area contributed by atoms with Crippen molar-refractivity contribution in [1.29, 1.82) is 0 Å². The summed E-state index contributed by atoms with van der Waals surface area (Å²) in [5.41, 5.74) is 0.937. The molecule has 2 aromatic carbocycles. The van der Waals surface area contributed by atoms with E-state index in [2.05, 4.69) is 10.3 Å². The molecule has 0 spiro atoms. The summed E-state index contributed by atoms with van der Waals surface area (Å²) >= 11 is 1.49. The largest absolute Gasteiger partial charge is 0.353 e. The van der Waals surface area contributed by atoms with E-state index in [0.717, 1.165) is 16.3 Å². The minimum Gasteiger partial charge on any atom is -0.353 e. The molecule has 0 saturated heterocycles. The molecule has 22 heavy (non-hydrogen) atoms. The van der Waals surface area contributed by atoms with Crippen LogP contribution in [0.5, 0.6) is 0 Å². The number of nitrogens with one attached hydrogen (secondary N) is 1. The molecule has 0 amide bonds. The van der Waals surface area contributed by atoms with Crippen LogP contribution in [0.25, 0.3) is 0 Å². The summed E-state index contributed by atoms with van der Waals surface area (Å²) < 4.78 is 27.2. The van der Waals surface area contributed by atoms with Gasteiger partial charge in [0.1, 0.15) is 17.7 Å². The first kappa shape index (κ1) is 15.0. The van der Waals surface area contributed by atoms with Gasteiger partial charge in [-0.25, -0.2) is 8.78 Å². The number of hydrogen-bond donors (Lipinski definition) is 1. The molecule has 1 aliphatic heterocycles. The Labute approximate surface area is 132 Å². The van der Waals surface area contributed by atoms with Gasteiger partial charge in [-0.05, 0) is 48.6 Å². The lowest BCUT2D eigenvalue weighted by molar-refractivity contribution is 0.384. The molecule has 0 fully saturated rings. The first-order valence-electron chi connectivity index (χ1n) is 6.94. The van der Waals surface area contributed by atoms with E-state index in [0.29, 0.717) is 0 Å². The lowest BCUT2D eigenvalue weighted by atomic mass is 9.82. The van der Waals surface area contributed by atoms with Crippen molar-refractivity contribution in [2.75, 3.05) is 6.26 Å². The van der Waals surface area contributed by atoms with Gasteiger partial charge in [0.05, 0.1) is 5.54 Å². The predicted octanol–water partition coefficient (Wildman–Crippen LogP) is 4.24. The highest BCUT2D eigenvalue weighted by atomic mass is 32.2. The second-order valence-electron chi connectivity index (χ2n) is 5.43. The highest BCUT2D eigenvalue weighted by Gasteiger charge is 2.42. The quantitative estimate of drug-likeness (QED) is 0.895. The van der Waals surface area contributed by atoms with Crippen molar-refractivity contribution in [1.82, 2.24) is 5.32 Å². The Morgan fingerprint density at radius 2 is 1.77 bits per heavy atom. The third-order valence-electron chi connectivity index (χ3n) is 3.94. The number of halogens is 2. The fourth-order valence-corrected chi connectivity index (χ4v) is 3.32. The van der Waals surface area contributed by atoms with Gasteiger partial charge < -0.3 is 5.32 Å². The van der Waals surface area contributed by atoms with Crippen LogP contribution in [-0.2, 0) is 5.54 Å². The van der Waals surface area contributed by atoms with E-state index in [-0.39, 0.29) is 17.7 Å². The van der Waals surface area contributed by atoms with Crippen LogP contribution in [0.15, 0.2) is 53.5 Å². The fourth-order valence-electron chi connectivity index (χ4n) is 2.80. The average Bonchev–Trinajstić information content (AvgIpc) is 2.86. The zero-order valence-corrected chi connectivity index (χ0v) is 13.1. The summed E-state index contributed by atoms with van der Waals surface area (Å²) in [6.07, 6.45) is 1.92. The molecule has 1 aliphatic rings. The van der Waals surface area contributed by atoms with E-state index in [9.17, 15) is 8.78 Å². The van der Waals surface area contributed by atoms with Gasteiger partial charge >= 0.3 is 0 Å². The molecule has 0 bridgehead atoms. The van der Waals surface area contributed by atoms with Crippen LogP contribution < -0.4 is 5.32 Å². The fraction of sp³-hybridized carbons (Fsp3) is 0.235. The lowest BCUT2D eigenvalue weighted by Crippen LogP contribution is -2.40. The van der Waals surface area contributed by atoms with Gasteiger partial charge in [-0.2, -0.15) is 0 Å². The summed E-state index contributed by atoms with van der Waals surface area (Å²) in [5, 5.41) is 4.12. The van der Waals surface area contributed by atoms with Gasteiger partial charge in [-0.15, -0.1) is 0 Å². The predicted molar refractivity (Wildman–Crippen MR) is 87.0 cm³/mol. The van der Waals surface area contributed by atoms with Gasteiger partial charge in [-0.1, -0.05) is 36.0 Å². The van der Waals surface area contributed by atoms with E-state index in [1.165, 1.54) is 36.0 Å². The maximum absolute atomic E-state index is 13.6. The molecule has 0 aromatic heterocycles. The highest BCUT2D eigenvalue weighted by molar-refractivity contribution is 8.13. The number of benzene rings is 2. The van der Waals surface area contributed by atoms with Crippen molar-refractivity contribution in [2.24, 2.45) is 4.99 Å². The Balaban J connectivity index is 2.09. The Morgan fingerprint density at radius 1 is 1.09 bits per heavy atom. The normalized spacial score (nSPS) is 24.0. The van der Waals surface area contributed by atoms with Crippen LogP contribution >= 0.6 is 11.8 Å². The zero-order valence-electron chi connectivity index (χ0n) is 12.3. The first-order valence-corrected chi connectivity index (χ1v) is 8.17. The second kappa shape index (κ2) is 5.72. The maximum atomic E-state index is 13.6. The van der Waals surface area contributed by atoms with Crippen molar-refractivity contribution in [3.63, 3.8) is 0 Å². The van der Waals surface area contributed by atoms with Gasteiger partial charge in [0.25, 0.3) is 0 Å². The van der Waals surface area contributed by atoms with Crippen LogP contribution in [0.2, 0.25) is 0 Å². The van der Waals surface area contributed by atoms with Crippen molar-refractivity contribution >= 4 is 16.9 Å². The summed E-state index contributed by atoms with van der Waals surface area (Å²) in [5.74, 6) is -0.594. The third kappa shape index (κ3) is 2.61. The Morgan fingerprint density at radius 3 is 2.41 bits per heavy atom. The van der Waals surface area contributed by atoms with Crippen LogP contribution in [0.3, 0.4) is 0 Å². The molecule has 1 N–H and O–H groups in total.